The highest BCUT2D eigenvalue weighted by Gasteiger charge is 2.23. The van der Waals surface area contributed by atoms with Gasteiger partial charge in [-0.3, -0.25) is 14.5 Å². The second-order valence-electron chi connectivity index (χ2n) is 6.29. The SMILES string of the molecule is CNC(=O)CN1CCC(NC(=O)c2cn3ccc(C)cc3n2)CC1. The van der Waals surface area contributed by atoms with Gasteiger partial charge in [-0.15, -0.1) is 0 Å². The monoisotopic (exact) mass is 329 g/mol. The van der Waals surface area contributed by atoms with Crippen LogP contribution in [-0.4, -0.2) is 58.8 Å². The zero-order valence-corrected chi connectivity index (χ0v) is 14.1. The minimum Gasteiger partial charge on any atom is -0.358 e. The Labute approximate surface area is 141 Å². The fraction of sp³-hybridized carbons (Fsp3) is 0.471. The van der Waals surface area contributed by atoms with Crippen LogP contribution in [-0.2, 0) is 4.79 Å². The second kappa shape index (κ2) is 7.00. The maximum absolute atomic E-state index is 12.4. The first-order chi connectivity index (χ1) is 11.5. The summed E-state index contributed by atoms with van der Waals surface area (Å²) in [6.07, 6.45) is 5.35. The van der Waals surface area contributed by atoms with Crippen molar-refractivity contribution in [2.75, 3.05) is 26.7 Å². The molecule has 1 aliphatic rings. The Morgan fingerprint density at radius 1 is 1.33 bits per heavy atom. The number of aryl methyl sites for hydroxylation is 1. The van der Waals surface area contributed by atoms with E-state index in [0.29, 0.717) is 12.2 Å². The molecule has 1 fully saturated rings. The van der Waals surface area contributed by atoms with E-state index in [2.05, 4.69) is 20.5 Å². The molecule has 2 amide bonds. The molecule has 3 heterocycles. The average molecular weight is 329 g/mol. The van der Waals surface area contributed by atoms with Crippen LogP contribution in [0.5, 0.6) is 0 Å². The van der Waals surface area contributed by atoms with E-state index in [-0.39, 0.29) is 17.9 Å². The Morgan fingerprint density at radius 3 is 2.79 bits per heavy atom. The van der Waals surface area contributed by atoms with Gasteiger partial charge in [0.2, 0.25) is 5.91 Å². The van der Waals surface area contributed by atoms with E-state index in [9.17, 15) is 9.59 Å². The van der Waals surface area contributed by atoms with Crippen LogP contribution in [0.2, 0.25) is 0 Å². The standard InChI is InChI=1S/C17H23N5O2/c1-12-3-8-22-10-14(20-15(22)9-12)17(24)19-13-4-6-21(7-5-13)11-16(23)18-2/h3,8-10,13H,4-7,11H2,1-2H3,(H,18,23)(H,19,24). The average Bonchev–Trinajstić information content (AvgIpc) is 2.99. The molecule has 1 saturated heterocycles. The van der Waals surface area contributed by atoms with Crippen molar-refractivity contribution in [1.82, 2.24) is 24.9 Å². The van der Waals surface area contributed by atoms with E-state index in [1.54, 1.807) is 13.2 Å². The third kappa shape index (κ3) is 3.73. The molecular weight excluding hydrogens is 306 g/mol. The third-order valence-electron chi connectivity index (χ3n) is 4.42. The number of amides is 2. The molecule has 128 valence electrons. The zero-order valence-electron chi connectivity index (χ0n) is 14.1. The maximum Gasteiger partial charge on any atom is 0.271 e. The quantitative estimate of drug-likeness (QED) is 0.860. The largest absolute Gasteiger partial charge is 0.358 e. The van der Waals surface area contributed by atoms with Crippen LogP contribution < -0.4 is 10.6 Å². The van der Waals surface area contributed by atoms with Crippen LogP contribution in [0.15, 0.2) is 24.5 Å². The fourth-order valence-electron chi connectivity index (χ4n) is 2.97. The second-order valence-corrected chi connectivity index (χ2v) is 6.29. The van der Waals surface area contributed by atoms with Crippen molar-refractivity contribution in [2.45, 2.75) is 25.8 Å². The van der Waals surface area contributed by atoms with Gasteiger partial charge in [-0.1, -0.05) is 0 Å². The highest BCUT2D eigenvalue weighted by molar-refractivity contribution is 5.93. The van der Waals surface area contributed by atoms with E-state index in [1.807, 2.05) is 29.7 Å². The number of pyridine rings is 1. The molecule has 0 aliphatic carbocycles. The number of rotatable bonds is 4. The fourth-order valence-corrected chi connectivity index (χ4v) is 2.97. The Hall–Kier alpha value is -2.41. The molecule has 0 aromatic carbocycles. The Morgan fingerprint density at radius 2 is 2.08 bits per heavy atom. The number of hydrogen-bond donors (Lipinski definition) is 2. The van der Waals surface area contributed by atoms with Crippen LogP contribution in [0.4, 0.5) is 0 Å². The third-order valence-corrected chi connectivity index (χ3v) is 4.42. The lowest BCUT2D eigenvalue weighted by molar-refractivity contribution is -0.122. The number of imidazole rings is 1. The summed E-state index contributed by atoms with van der Waals surface area (Å²) in [6, 6.07) is 4.07. The summed E-state index contributed by atoms with van der Waals surface area (Å²) in [5.74, 6) is -0.112. The molecule has 24 heavy (non-hydrogen) atoms. The number of likely N-dealkylation sites (tertiary alicyclic amines) is 1. The van der Waals surface area contributed by atoms with Crippen molar-refractivity contribution in [3.05, 3.63) is 35.8 Å². The van der Waals surface area contributed by atoms with Gasteiger partial charge in [-0.25, -0.2) is 4.98 Å². The Balaban J connectivity index is 1.56. The molecule has 0 atom stereocenters. The number of aromatic nitrogens is 2. The number of fused-ring (bicyclic) bond motifs is 1. The molecule has 0 saturated carbocycles. The summed E-state index contributed by atoms with van der Waals surface area (Å²) in [4.78, 5) is 30.3. The summed E-state index contributed by atoms with van der Waals surface area (Å²) >= 11 is 0. The van der Waals surface area contributed by atoms with E-state index in [0.717, 1.165) is 37.1 Å². The summed E-state index contributed by atoms with van der Waals surface area (Å²) < 4.78 is 1.86. The predicted octanol–water partition coefficient (Wildman–Crippen LogP) is 0.583. The van der Waals surface area contributed by atoms with Gasteiger partial charge in [-0.05, 0) is 37.5 Å². The van der Waals surface area contributed by atoms with Crippen LogP contribution in [0.1, 0.15) is 28.9 Å². The molecule has 0 spiro atoms. The van der Waals surface area contributed by atoms with Crippen molar-refractivity contribution >= 4 is 17.5 Å². The first-order valence-corrected chi connectivity index (χ1v) is 8.24. The number of carbonyl (C=O) groups is 2. The number of carbonyl (C=O) groups excluding carboxylic acids is 2. The van der Waals surface area contributed by atoms with Crippen molar-refractivity contribution < 1.29 is 9.59 Å². The minimum atomic E-state index is -0.138. The zero-order chi connectivity index (χ0) is 17.1. The lowest BCUT2D eigenvalue weighted by Gasteiger charge is -2.31. The highest BCUT2D eigenvalue weighted by atomic mass is 16.2. The summed E-state index contributed by atoms with van der Waals surface area (Å²) in [5.41, 5.74) is 2.33. The van der Waals surface area contributed by atoms with Gasteiger partial charge in [0.25, 0.3) is 5.91 Å². The number of hydrogen-bond acceptors (Lipinski definition) is 4. The summed E-state index contributed by atoms with van der Waals surface area (Å²) in [5, 5.41) is 5.69. The Kier molecular flexibility index (Phi) is 4.80. The smallest absolute Gasteiger partial charge is 0.271 e. The van der Waals surface area contributed by atoms with E-state index in [1.165, 1.54) is 0 Å². The van der Waals surface area contributed by atoms with Crippen molar-refractivity contribution in [3.63, 3.8) is 0 Å². The number of nitrogens with zero attached hydrogens (tertiary/aromatic N) is 3. The number of piperidine rings is 1. The molecule has 7 heteroatoms. The maximum atomic E-state index is 12.4. The highest BCUT2D eigenvalue weighted by Crippen LogP contribution is 2.12. The van der Waals surface area contributed by atoms with Gasteiger partial charge in [0.1, 0.15) is 11.3 Å². The molecule has 0 radical (unpaired) electrons. The van der Waals surface area contributed by atoms with Crippen LogP contribution >= 0.6 is 0 Å². The first kappa shape index (κ1) is 16.4. The van der Waals surface area contributed by atoms with Gasteiger partial charge in [-0.2, -0.15) is 0 Å². The molecular formula is C17H23N5O2. The van der Waals surface area contributed by atoms with E-state index >= 15 is 0 Å². The molecule has 2 aromatic rings. The van der Waals surface area contributed by atoms with Gasteiger partial charge < -0.3 is 15.0 Å². The predicted molar refractivity (Wildman–Crippen MR) is 90.9 cm³/mol. The lowest BCUT2D eigenvalue weighted by atomic mass is 10.0. The summed E-state index contributed by atoms with van der Waals surface area (Å²) in [6.45, 7) is 4.04. The Bertz CT molecular complexity index is 747. The van der Waals surface area contributed by atoms with Gasteiger partial charge in [0, 0.05) is 38.6 Å². The molecule has 3 rings (SSSR count). The van der Waals surface area contributed by atoms with Gasteiger partial charge >= 0.3 is 0 Å². The molecule has 7 nitrogen and oxygen atoms in total. The minimum absolute atomic E-state index is 0.0254. The first-order valence-electron chi connectivity index (χ1n) is 8.24. The molecule has 0 bridgehead atoms. The number of nitrogens with one attached hydrogen (secondary N) is 2. The van der Waals surface area contributed by atoms with E-state index in [4.69, 9.17) is 0 Å². The van der Waals surface area contributed by atoms with Gasteiger partial charge in [0.15, 0.2) is 0 Å². The van der Waals surface area contributed by atoms with Crippen molar-refractivity contribution in [2.24, 2.45) is 0 Å². The van der Waals surface area contributed by atoms with Crippen molar-refractivity contribution in [3.8, 4) is 0 Å². The molecule has 2 N–H and O–H groups in total. The summed E-state index contributed by atoms with van der Waals surface area (Å²) in [7, 11) is 1.64. The van der Waals surface area contributed by atoms with Crippen LogP contribution in [0.25, 0.3) is 5.65 Å². The number of likely N-dealkylation sites (N-methyl/N-ethyl adjacent to an activating group) is 1. The lowest BCUT2D eigenvalue weighted by Crippen LogP contribution is -2.47. The van der Waals surface area contributed by atoms with Crippen LogP contribution in [0.3, 0.4) is 0 Å². The van der Waals surface area contributed by atoms with Crippen molar-refractivity contribution in [1.29, 1.82) is 0 Å². The molecule has 1 aliphatic heterocycles. The molecule has 2 aromatic heterocycles. The normalized spacial score (nSPS) is 16.2. The molecule has 0 unspecified atom stereocenters. The van der Waals surface area contributed by atoms with Crippen LogP contribution in [0, 0.1) is 6.92 Å². The van der Waals surface area contributed by atoms with Gasteiger partial charge in [0.05, 0.1) is 6.54 Å². The topological polar surface area (TPSA) is 78.7 Å². The van der Waals surface area contributed by atoms with E-state index < -0.39 is 0 Å².